The Kier molecular flexibility index (Phi) is 6.55. The van der Waals surface area contributed by atoms with E-state index in [0.717, 1.165) is 31.7 Å². The molecular formula is C22H28ClN3O. The SMILES string of the molecule is CN1CCN(CC(O)C(c2ccccc2)n2ccc3ccccc32)CC1.Cl. The molecule has 4 nitrogen and oxygen atoms in total. The second-order valence-electron chi connectivity index (χ2n) is 7.31. The van der Waals surface area contributed by atoms with Gasteiger partial charge < -0.3 is 14.6 Å². The van der Waals surface area contributed by atoms with Gasteiger partial charge in [-0.3, -0.25) is 4.90 Å². The van der Waals surface area contributed by atoms with E-state index in [4.69, 9.17) is 0 Å². The molecule has 2 unspecified atom stereocenters. The van der Waals surface area contributed by atoms with Crippen molar-refractivity contribution in [3.8, 4) is 0 Å². The number of β-amino-alcohol motifs (C(OH)–C–C–N with tert-alkyl or cyclic N) is 1. The topological polar surface area (TPSA) is 31.6 Å². The molecule has 1 aliphatic rings. The molecule has 5 heteroatoms. The molecule has 0 amide bonds. The Morgan fingerprint density at radius 3 is 2.30 bits per heavy atom. The van der Waals surface area contributed by atoms with Gasteiger partial charge in [0.25, 0.3) is 0 Å². The van der Waals surface area contributed by atoms with Gasteiger partial charge in [-0.2, -0.15) is 0 Å². The van der Waals surface area contributed by atoms with Crippen molar-refractivity contribution < 1.29 is 5.11 Å². The van der Waals surface area contributed by atoms with E-state index in [1.807, 2.05) is 6.07 Å². The second-order valence-corrected chi connectivity index (χ2v) is 7.31. The standard InChI is InChI=1S/C22H27N3O.ClH/c1-23-13-15-24(16-14-23)17-21(26)22(19-8-3-2-4-9-19)25-12-11-18-7-5-6-10-20(18)25;/h2-12,21-22,26H,13-17H2,1H3;1H. The first kappa shape index (κ1) is 19.9. The van der Waals surface area contributed by atoms with Gasteiger partial charge in [0.2, 0.25) is 0 Å². The lowest BCUT2D eigenvalue weighted by Crippen LogP contribution is -2.48. The summed E-state index contributed by atoms with van der Waals surface area (Å²) >= 11 is 0. The van der Waals surface area contributed by atoms with Crippen molar-refractivity contribution in [2.24, 2.45) is 0 Å². The number of para-hydroxylation sites is 1. The van der Waals surface area contributed by atoms with Gasteiger partial charge in [-0.05, 0) is 30.1 Å². The maximum absolute atomic E-state index is 11.2. The average Bonchev–Trinajstić information content (AvgIpc) is 3.09. The maximum atomic E-state index is 11.2. The summed E-state index contributed by atoms with van der Waals surface area (Å²) in [6.45, 7) is 4.85. The molecule has 3 aromatic rings. The minimum Gasteiger partial charge on any atom is -0.389 e. The number of aliphatic hydroxyl groups excluding tert-OH is 1. The molecule has 0 saturated carbocycles. The van der Waals surface area contributed by atoms with Gasteiger partial charge in [-0.1, -0.05) is 48.5 Å². The van der Waals surface area contributed by atoms with Crippen LogP contribution in [0.4, 0.5) is 0 Å². The van der Waals surface area contributed by atoms with Crippen LogP contribution in [-0.4, -0.2) is 65.3 Å². The Morgan fingerprint density at radius 1 is 0.889 bits per heavy atom. The second kappa shape index (κ2) is 8.89. The Morgan fingerprint density at radius 2 is 1.56 bits per heavy atom. The smallest absolute Gasteiger partial charge is 0.0915 e. The van der Waals surface area contributed by atoms with Crippen molar-refractivity contribution in [2.75, 3.05) is 39.8 Å². The molecule has 2 heterocycles. The van der Waals surface area contributed by atoms with Crippen LogP contribution in [-0.2, 0) is 0 Å². The highest BCUT2D eigenvalue weighted by molar-refractivity contribution is 5.85. The summed E-state index contributed by atoms with van der Waals surface area (Å²) in [5, 5.41) is 12.4. The van der Waals surface area contributed by atoms with E-state index in [1.165, 1.54) is 10.9 Å². The van der Waals surface area contributed by atoms with Gasteiger partial charge >= 0.3 is 0 Å². The minimum absolute atomic E-state index is 0. The van der Waals surface area contributed by atoms with Gasteiger partial charge in [0.15, 0.2) is 0 Å². The summed E-state index contributed by atoms with van der Waals surface area (Å²) < 4.78 is 2.23. The molecule has 27 heavy (non-hydrogen) atoms. The summed E-state index contributed by atoms with van der Waals surface area (Å²) in [6, 6.07) is 20.8. The number of hydrogen-bond acceptors (Lipinski definition) is 3. The number of aromatic nitrogens is 1. The number of piperazine rings is 1. The highest BCUT2D eigenvalue weighted by Crippen LogP contribution is 2.28. The number of aliphatic hydroxyl groups is 1. The Hall–Kier alpha value is -1.85. The molecule has 1 aromatic heterocycles. The highest BCUT2D eigenvalue weighted by Gasteiger charge is 2.27. The monoisotopic (exact) mass is 385 g/mol. The first-order valence-electron chi connectivity index (χ1n) is 9.42. The van der Waals surface area contributed by atoms with E-state index in [1.54, 1.807) is 0 Å². The minimum atomic E-state index is -0.461. The first-order chi connectivity index (χ1) is 12.7. The van der Waals surface area contributed by atoms with Crippen LogP contribution in [0.2, 0.25) is 0 Å². The van der Waals surface area contributed by atoms with Crippen LogP contribution in [0.25, 0.3) is 10.9 Å². The first-order valence-corrected chi connectivity index (χ1v) is 9.42. The molecule has 2 atom stereocenters. The number of rotatable bonds is 5. The van der Waals surface area contributed by atoms with Crippen LogP contribution in [0.5, 0.6) is 0 Å². The van der Waals surface area contributed by atoms with Crippen LogP contribution < -0.4 is 0 Å². The molecule has 144 valence electrons. The summed E-state index contributed by atoms with van der Waals surface area (Å²) in [4.78, 5) is 4.73. The van der Waals surface area contributed by atoms with Crippen LogP contribution in [0.15, 0.2) is 66.9 Å². The average molecular weight is 386 g/mol. The maximum Gasteiger partial charge on any atom is 0.0915 e. The van der Waals surface area contributed by atoms with Gasteiger partial charge in [0.05, 0.1) is 12.1 Å². The molecule has 0 aliphatic carbocycles. The fourth-order valence-electron chi connectivity index (χ4n) is 3.96. The molecule has 0 spiro atoms. The third-order valence-corrected chi connectivity index (χ3v) is 5.48. The van der Waals surface area contributed by atoms with Crippen molar-refractivity contribution in [3.05, 3.63) is 72.4 Å². The lowest BCUT2D eigenvalue weighted by molar-refractivity contribution is 0.0594. The Bertz CT molecular complexity index is 843. The van der Waals surface area contributed by atoms with Gasteiger partial charge in [-0.15, -0.1) is 12.4 Å². The van der Waals surface area contributed by atoms with E-state index in [-0.39, 0.29) is 18.4 Å². The predicted molar refractivity (Wildman–Crippen MR) is 114 cm³/mol. The fraction of sp³-hybridized carbons (Fsp3) is 0.364. The summed E-state index contributed by atoms with van der Waals surface area (Å²) in [5.41, 5.74) is 2.31. The van der Waals surface area contributed by atoms with Crippen LogP contribution in [0.3, 0.4) is 0 Å². The van der Waals surface area contributed by atoms with Gasteiger partial charge in [0, 0.05) is 44.4 Å². The summed E-state index contributed by atoms with van der Waals surface area (Å²) in [5.74, 6) is 0. The molecule has 1 fully saturated rings. The molecule has 1 aliphatic heterocycles. The fourth-order valence-corrected chi connectivity index (χ4v) is 3.96. The molecule has 4 rings (SSSR count). The Balaban J connectivity index is 0.00000210. The molecular weight excluding hydrogens is 358 g/mol. The quantitative estimate of drug-likeness (QED) is 0.731. The zero-order valence-electron chi connectivity index (χ0n) is 15.7. The van der Waals surface area contributed by atoms with E-state index in [2.05, 4.69) is 82.2 Å². The molecule has 2 aromatic carbocycles. The van der Waals surface area contributed by atoms with Gasteiger partial charge in [0.1, 0.15) is 0 Å². The van der Waals surface area contributed by atoms with Crippen molar-refractivity contribution >= 4 is 23.3 Å². The molecule has 0 bridgehead atoms. The third-order valence-electron chi connectivity index (χ3n) is 5.48. The van der Waals surface area contributed by atoms with E-state index in [9.17, 15) is 5.11 Å². The van der Waals surface area contributed by atoms with Gasteiger partial charge in [-0.25, -0.2) is 0 Å². The zero-order chi connectivity index (χ0) is 17.9. The van der Waals surface area contributed by atoms with Crippen LogP contribution >= 0.6 is 12.4 Å². The van der Waals surface area contributed by atoms with Crippen molar-refractivity contribution in [1.29, 1.82) is 0 Å². The Labute approximate surface area is 167 Å². The zero-order valence-corrected chi connectivity index (χ0v) is 16.6. The van der Waals surface area contributed by atoms with Crippen LogP contribution in [0.1, 0.15) is 11.6 Å². The molecule has 1 saturated heterocycles. The number of benzene rings is 2. The third kappa shape index (κ3) is 4.36. The summed E-state index contributed by atoms with van der Waals surface area (Å²) in [6.07, 6.45) is 1.65. The van der Waals surface area contributed by atoms with Crippen molar-refractivity contribution in [2.45, 2.75) is 12.1 Å². The number of likely N-dealkylation sites (N-methyl/N-ethyl adjacent to an activating group) is 1. The van der Waals surface area contributed by atoms with Crippen molar-refractivity contribution in [1.82, 2.24) is 14.4 Å². The lowest BCUT2D eigenvalue weighted by Gasteiger charge is -2.36. The number of fused-ring (bicyclic) bond motifs is 1. The number of nitrogens with zero attached hydrogens (tertiary/aromatic N) is 3. The molecule has 1 N–H and O–H groups in total. The largest absolute Gasteiger partial charge is 0.389 e. The van der Waals surface area contributed by atoms with Crippen molar-refractivity contribution in [3.63, 3.8) is 0 Å². The highest BCUT2D eigenvalue weighted by atomic mass is 35.5. The predicted octanol–water partition coefficient (Wildman–Crippen LogP) is 3.26. The van der Waals surface area contributed by atoms with E-state index < -0.39 is 6.10 Å². The number of halogens is 1. The number of hydrogen-bond donors (Lipinski definition) is 1. The normalized spacial score (nSPS) is 18.1. The van der Waals surface area contributed by atoms with Crippen LogP contribution in [0, 0.1) is 0 Å². The lowest BCUT2D eigenvalue weighted by atomic mass is 10.00. The summed E-state index contributed by atoms with van der Waals surface area (Å²) in [7, 11) is 2.16. The van der Waals surface area contributed by atoms with E-state index in [0.29, 0.717) is 6.54 Å². The molecule has 0 radical (unpaired) electrons. The van der Waals surface area contributed by atoms with E-state index >= 15 is 0 Å².